The summed E-state index contributed by atoms with van der Waals surface area (Å²) in [6, 6.07) is 6.05. The van der Waals surface area contributed by atoms with Gasteiger partial charge in [0, 0.05) is 6.20 Å². The third-order valence-electron chi connectivity index (χ3n) is 2.02. The van der Waals surface area contributed by atoms with Crippen LogP contribution in [0.2, 0.25) is 0 Å². The number of hydrogen-bond acceptors (Lipinski definition) is 4. The number of nitrogens with zero attached hydrogens (tertiary/aromatic N) is 3. The van der Waals surface area contributed by atoms with Gasteiger partial charge in [-0.2, -0.15) is 5.26 Å². The van der Waals surface area contributed by atoms with E-state index < -0.39 is 5.82 Å². The molecule has 0 aliphatic heterocycles. The van der Waals surface area contributed by atoms with Crippen LogP contribution in [0.3, 0.4) is 0 Å². The molecule has 0 unspecified atom stereocenters. The van der Waals surface area contributed by atoms with Crippen molar-refractivity contribution in [2.75, 3.05) is 5.32 Å². The van der Waals surface area contributed by atoms with Gasteiger partial charge in [-0.1, -0.05) is 0 Å². The van der Waals surface area contributed by atoms with Gasteiger partial charge in [-0.15, -0.1) is 0 Å². The van der Waals surface area contributed by atoms with Crippen LogP contribution in [0.1, 0.15) is 5.56 Å². The van der Waals surface area contributed by atoms with E-state index in [-0.39, 0.29) is 11.3 Å². The first-order valence-electron chi connectivity index (χ1n) is 4.63. The molecule has 0 atom stereocenters. The van der Waals surface area contributed by atoms with Crippen LogP contribution in [0, 0.1) is 17.1 Å². The zero-order valence-electron chi connectivity index (χ0n) is 8.48. The lowest BCUT2D eigenvalue weighted by Gasteiger charge is -2.07. The largest absolute Gasteiger partial charge is 0.337 e. The normalized spacial score (nSPS) is 9.71. The van der Waals surface area contributed by atoms with Crippen molar-refractivity contribution >= 4 is 27.4 Å². The Morgan fingerprint density at radius 3 is 2.88 bits per heavy atom. The van der Waals surface area contributed by atoms with Crippen LogP contribution < -0.4 is 5.32 Å². The predicted molar refractivity (Wildman–Crippen MR) is 64.1 cm³/mol. The summed E-state index contributed by atoms with van der Waals surface area (Å²) < 4.78 is 14.2. The quantitative estimate of drug-likeness (QED) is 0.924. The van der Waals surface area contributed by atoms with E-state index in [4.69, 9.17) is 5.26 Å². The molecular formula is C11H6BrFN4. The van der Waals surface area contributed by atoms with Crippen LogP contribution in [0.5, 0.6) is 0 Å². The Balaban J connectivity index is 2.32. The lowest BCUT2D eigenvalue weighted by Crippen LogP contribution is -1.98. The van der Waals surface area contributed by atoms with Crippen molar-refractivity contribution in [3.63, 3.8) is 0 Å². The van der Waals surface area contributed by atoms with Gasteiger partial charge in [-0.25, -0.2) is 14.4 Å². The third kappa shape index (κ3) is 2.57. The first-order chi connectivity index (χ1) is 8.20. The summed E-state index contributed by atoms with van der Waals surface area (Å²) >= 11 is 3.24. The number of hydrogen-bond donors (Lipinski definition) is 1. The minimum atomic E-state index is -0.505. The minimum Gasteiger partial charge on any atom is -0.337 e. The van der Waals surface area contributed by atoms with Gasteiger partial charge in [-0.3, -0.25) is 0 Å². The molecule has 1 aromatic carbocycles. The van der Waals surface area contributed by atoms with Gasteiger partial charge >= 0.3 is 0 Å². The molecule has 0 radical (unpaired) electrons. The zero-order valence-corrected chi connectivity index (χ0v) is 10.1. The van der Waals surface area contributed by atoms with E-state index in [0.717, 1.165) is 6.07 Å². The zero-order chi connectivity index (χ0) is 12.3. The SMILES string of the molecule is N#Cc1ccc(Nc2ncncc2Br)c(F)c1. The number of nitriles is 1. The van der Waals surface area contributed by atoms with Crippen LogP contribution in [-0.2, 0) is 0 Å². The van der Waals surface area contributed by atoms with E-state index in [2.05, 4.69) is 31.2 Å². The Kier molecular flexibility index (Phi) is 3.30. The molecule has 4 nitrogen and oxygen atoms in total. The Morgan fingerprint density at radius 1 is 1.41 bits per heavy atom. The van der Waals surface area contributed by atoms with Gasteiger partial charge in [0.15, 0.2) is 0 Å². The molecule has 2 rings (SSSR count). The molecule has 0 saturated carbocycles. The number of halogens is 2. The van der Waals surface area contributed by atoms with Crippen molar-refractivity contribution in [3.05, 3.63) is 46.6 Å². The number of aromatic nitrogens is 2. The van der Waals surface area contributed by atoms with Gasteiger partial charge in [0.05, 0.1) is 21.8 Å². The fraction of sp³-hybridized carbons (Fsp3) is 0. The Labute approximate surface area is 105 Å². The van der Waals surface area contributed by atoms with Crippen molar-refractivity contribution < 1.29 is 4.39 Å². The molecule has 2 aromatic rings. The first-order valence-corrected chi connectivity index (χ1v) is 5.42. The monoisotopic (exact) mass is 292 g/mol. The molecule has 0 bridgehead atoms. The molecule has 0 amide bonds. The van der Waals surface area contributed by atoms with Crippen molar-refractivity contribution in [3.8, 4) is 6.07 Å². The fourth-order valence-electron chi connectivity index (χ4n) is 1.22. The van der Waals surface area contributed by atoms with Gasteiger partial charge in [0.1, 0.15) is 18.0 Å². The summed E-state index contributed by atoms with van der Waals surface area (Å²) in [5, 5.41) is 11.4. The number of anilines is 2. The first kappa shape index (κ1) is 11.5. The van der Waals surface area contributed by atoms with Crippen molar-refractivity contribution in [1.29, 1.82) is 5.26 Å². The molecule has 0 fully saturated rings. The molecule has 84 valence electrons. The average Bonchev–Trinajstić information content (AvgIpc) is 2.34. The minimum absolute atomic E-state index is 0.253. The van der Waals surface area contributed by atoms with E-state index in [9.17, 15) is 4.39 Å². The van der Waals surface area contributed by atoms with Crippen LogP contribution in [0.4, 0.5) is 15.9 Å². The number of rotatable bonds is 2. The summed E-state index contributed by atoms with van der Waals surface area (Å²) in [4.78, 5) is 7.76. The second-order valence-electron chi connectivity index (χ2n) is 3.15. The highest BCUT2D eigenvalue weighted by Gasteiger charge is 2.06. The van der Waals surface area contributed by atoms with Crippen LogP contribution >= 0.6 is 15.9 Å². The average molecular weight is 293 g/mol. The molecule has 0 aliphatic rings. The van der Waals surface area contributed by atoms with Crippen LogP contribution in [0.15, 0.2) is 35.2 Å². The maximum absolute atomic E-state index is 13.6. The van der Waals surface area contributed by atoms with Crippen molar-refractivity contribution in [1.82, 2.24) is 9.97 Å². The highest BCUT2D eigenvalue weighted by molar-refractivity contribution is 9.10. The highest BCUT2D eigenvalue weighted by atomic mass is 79.9. The molecule has 6 heteroatoms. The predicted octanol–water partition coefficient (Wildman–Crippen LogP) is 2.99. The summed E-state index contributed by atoms with van der Waals surface area (Å²) in [6.07, 6.45) is 2.91. The van der Waals surface area contributed by atoms with Crippen molar-refractivity contribution in [2.24, 2.45) is 0 Å². The summed E-state index contributed by atoms with van der Waals surface area (Å²) in [6.45, 7) is 0. The Hall–Kier alpha value is -2.00. The third-order valence-corrected chi connectivity index (χ3v) is 2.60. The number of benzene rings is 1. The van der Waals surface area contributed by atoms with Gasteiger partial charge in [-0.05, 0) is 34.1 Å². The summed E-state index contributed by atoms with van der Waals surface area (Å²) in [5.74, 6) is -0.0434. The molecule has 0 saturated heterocycles. The van der Waals surface area contributed by atoms with E-state index in [1.54, 1.807) is 6.20 Å². The van der Waals surface area contributed by atoms with E-state index in [0.29, 0.717) is 10.3 Å². The summed E-state index contributed by atoms with van der Waals surface area (Å²) in [7, 11) is 0. The second-order valence-corrected chi connectivity index (χ2v) is 4.01. The van der Waals surface area contributed by atoms with Crippen molar-refractivity contribution in [2.45, 2.75) is 0 Å². The van der Waals surface area contributed by atoms with Gasteiger partial charge in [0.2, 0.25) is 0 Å². The summed E-state index contributed by atoms with van der Waals surface area (Å²) in [5.41, 5.74) is 0.526. The lowest BCUT2D eigenvalue weighted by atomic mass is 10.2. The van der Waals surface area contributed by atoms with Crippen LogP contribution in [-0.4, -0.2) is 9.97 Å². The van der Waals surface area contributed by atoms with E-state index in [1.807, 2.05) is 6.07 Å². The smallest absolute Gasteiger partial charge is 0.148 e. The maximum Gasteiger partial charge on any atom is 0.148 e. The van der Waals surface area contributed by atoms with E-state index >= 15 is 0 Å². The molecule has 1 heterocycles. The molecule has 17 heavy (non-hydrogen) atoms. The maximum atomic E-state index is 13.6. The second kappa shape index (κ2) is 4.89. The topological polar surface area (TPSA) is 61.6 Å². The molecular weight excluding hydrogens is 287 g/mol. The van der Waals surface area contributed by atoms with Gasteiger partial charge < -0.3 is 5.32 Å². The van der Waals surface area contributed by atoms with Crippen LogP contribution in [0.25, 0.3) is 0 Å². The van der Waals surface area contributed by atoms with E-state index in [1.165, 1.54) is 18.5 Å². The Bertz CT molecular complexity index is 594. The highest BCUT2D eigenvalue weighted by Crippen LogP contribution is 2.24. The fourth-order valence-corrected chi connectivity index (χ4v) is 1.54. The Morgan fingerprint density at radius 2 is 2.24 bits per heavy atom. The number of nitrogens with one attached hydrogen (secondary N) is 1. The molecule has 1 N–H and O–H groups in total. The standard InChI is InChI=1S/C11H6BrFN4/c12-8-5-15-6-16-11(8)17-10-2-1-7(4-14)3-9(10)13/h1-3,5-6H,(H,15,16,17). The molecule has 0 spiro atoms. The van der Waals surface area contributed by atoms with Gasteiger partial charge in [0.25, 0.3) is 0 Å². The molecule has 1 aromatic heterocycles. The lowest BCUT2D eigenvalue weighted by molar-refractivity contribution is 0.631. The molecule has 0 aliphatic carbocycles.